The molecule has 0 saturated heterocycles. The van der Waals surface area contributed by atoms with Gasteiger partial charge < -0.3 is 0 Å². The van der Waals surface area contributed by atoms with Crippen LogP contribution in [0, 0.1) is 0 Å². The molecular weight excluding hydrogens is 212 g/mol. The fourth-order valence-electron chi connectivity index (χ4n) is 0.843. The van der Waals surface area contributed by atoms with E-state index < -0.39 is 9.84 Å². The first-order chi connectivity index (χ1) is 5.95. The average molecular weight is 219 g/mol. The third kappa shape index (κ3) is 2.29. The Kier molecular flexibility index (Phi) is 2.73. The molecule has 0 bridgehead atoms. The summed E-state index contributed by atoms with van der Waals surface area (Å²) in [5, 5.41) is 0.252. The minimum Gasteiger partial charge on any atom is -0.298 e. The van der Waals surface area contributed by atoms with Crippen molar-refractivity contribution < 1.29 is 13.2 Å². The number of benzene rings is 1. The van der Waals surface area contributed by atoms with Crippen molar-refractivity contribution in [2.75, 3.05) is 6.26 Å². The molecule has 0 aromatic heterocycles. The number of carbonyl (C=O) groups is 1. The molecule has 13 heavy (non-hydrogen) atoms. The van der Waals surface area contributed by atoms with Gasteiger partial charge in [0.05, 0.1) is 9.92 Å². The minimum absolute atomic E-state index is 0.0963. The Morgan fingerprint density at radius 2 is 2.00 bits per heavy atom. The Morgan fingerprint density at radius 1 is 1.38 bits per heavy atom. The SMILES string of the molecule is CS(=O)(=O)c1ccc(Cl)c(C=O)c1. The number of hydrogen-bond acceptors (Lipinski definition) is 3. The summed E-state index contributed by atoms with van der Waals surface area (Å²) >= 11 is 5.62. The first-order valence-corrected chi connectivity index (χ1v) is 5.67. The van der Waals surface area contributed by atoms with Crippen molar-refractivity contribution >= 4 is 27.7 Å². The number of carbonyl (C=O) groups excluding carboxylic acids is 1. The quantitative estimate of drug-likeness (QED) is 0.708. The second-order valence-electron chi connectivity index (χ2n) is 2.57. The molecule has 0 amide bonds. The summed E-state index contributed by atoms with van der Waals surface area (Å²) in [6.07, 6.45) is 1.60. The van der Waals surface area contributed by atoms with E-state index in [0.717, 1.165) is 6.26 Å². The molecule has 1 aromatic carbocycles. The zero-order valence-electron chi connectivity index (χ0n) is 6.82. The number of sulfone groups is 1. The third-order valence-corrected chi connectivity index (χ3v) is 2.98. The van der Waals surface area contributed by atoms with Crippen molar-refractivity contribution in [3.05, 3.63) is 28.8 Å². The molecule has 0 aliphatic heterocycles. The van der Waals surface area contributed by atoms with E-state index in [1.165, 1.54) is 18.2 Å². The van der Waals surface area contributed by atoms with Crippen LogP contribution in [0.3, 0.4) is 0 Å². The van der Waals surface area contributed by atoms with Gasteiger partial charge in [0.15, 0.2) is 16.1 Å². The van der Waals surface area contributed by atoms with Crippen LogP contribution in [0.25, 0.3) is 0 Å². The van der Waals surface area contributed by atoms with Crippen LogP contribution in [0.1, 0.15) is 10.4 Å². The molecule has 0 unspecified atom stereocenters. The number of halogens is 1. The lowest BCUT2D eigenvalue weighted by atomic mass is 10.2. The normalized spacial score (nSPS) is 11.2. The van der Waals surface area contributed by atoms with Crippen LogP contribution in [0.4, 0.5) is 0 Å². The van der Waals surface area contributed by atoms with Crippen LogP contribution in [0.5, 0.6) is 0 Å². The lowest BCUT2D eigenvalue weighted by Gasteiger charge is -2.00. The molecule has 0 saturated carbocycles. The lowest BCUT2D eigenvalue weighted by Crippen LogP contribution is -1.98. The Labute approximate surface area is 81.3 Å². The molecule has 0 heterocycles. The van der Waals surface area contributed by atoms with Gasteiger partial charge in [0.2, 0.25) is 0 Å². The Morgan fingerprint density at radius 3 is 2.46 bits per heavy atom. The van der Waals surface area contributed by atoms with E-state index in [9.17, 15) is 13.2 Å². The summed E-state index contributed by atoms with van der Waals surface area (Å²) in [6, 6.07) is 4.01. The second-order valence-corrected chi connectivity index (χ2v) is 5.00. The standard InChI is InChI=1S/C8H7ClO3S/c1-13(11,12)7-2-3-8(9)6(4-7)5-10/h2-5H,1H3. The van der Waals surface area contributed by atoms with Gasteiger partial charge in [-0.25, -0.2) is 8.42 Å². The van der Waals surface area contributed by atoms with Gasteiger partial charge in [-0.15, -0.1) is 0 Å². The fourth-order valence-corrected chi connectivity index (χ4v) is 1.66. The summed E-state index contributed by atoms with van der Waals surface area (Å²) in [4.78, 5) is 10.5. The van der Waals surface area contributed by atoms with Gasteiger partial charge in [-0.05, 0) is 18.2 Å². The first kappa shape index (κ1) is 10.2. The van der Waals surface area contributed by atoms with Crippen molar-refractivity contribution in [3.63, 3.8) is 0 Å². The van der Waals surface area contributed by atoms with E-state index in [0.29, 0.717) is 6.29 Å². The minimum atomic E-state index is -3.27. The Bertz CT molecular complexity index is 437. The maximum atomic E-state index is 11.1. The summed E-state index contributed by atoms with van der Waals surface area (Å²) in [5.41, 5.74) is 0.185. The molecule has 0 fully saturated rings. The maximum Gasteiger partial charge on any atom is 0.175 e. The summed E-state index contributed by atoms with van der Waals surface area (Å²) in [6.45, 7) is 0. The molecule has 0 aliphatic rings. The van der Waals surface area contributed by atoms with Crippen LogP contribution < -0.4 is 0 Å². The largest absolute Gasteiger partial charge is 0.298 e. The van der Waals surface area contributed by atoms with Crippen LogP contribution in [-0.4, -0.2) is 21.0 Å². The Balaban J connectivity index is 3.38. The lowest BCUT2D eigenvalue weighted by molar-refractivity contribution is 0.112. The highest BCUT2D eigenvalue weighted by Gasteiger charge is 2.09. The first-order valence-electron chi connectivity index (χ1n) is 3.40. The van der Waals surface area contributed by atoms with Crippen molar-refractivity contribution in [2.45, 2.75) is 4.90 Å². The fraction of sp³-hybridized carbons (Fsp3) is 0.125. The smallest absolute Gasteiger partial charge is 0.175 e. The maximum absolute atomic E-state index is 11.1. The van der Waals surface area contributed by atoms with Crippen molar-refractivity contribution in [2.24, 2.45) is 0 Å². The van der Waals surface area contributed by atoms with Crippen LogP contribution in [-0.2, 0) is 9.84 Å². The highest BCUT2D eigenvalue weighted by atomic mass is 35.5. The third-order valence-electron chi connectivity index (χ3n) is 1.52. The van der Waals surface area contributed by atoms with Gasteiger partial charge >= 0.3 is 0 Å². The van der Waals surface area contributed by atoms with Crippen molar-refractivity contribution in [1.29, 1.82) is 0 Å². The number of hydrogen-bond donors (Lipinski definition) is 0. The van der Waals surface area contributed by atoms with E-state index in [1.807, 2.05) is 0 Å². The molecule has 0 N–H and O–H groups in total. The number of rotatable bonds is 2. The summed E-state index contributed by atoms with van der Waals surface area (Å²) in [7, 11) is -3.27. The molecule has 70 valence electrons. The highest BCUT2D eigenvalue weighted by Crippen LogP contribution is 2.18. The van der Waals surface area contributed by atoms with Gasteiger partial charge in [0.25, 0.3) is 0 Å². The van der Waals surface area contributed by atoms with Gasteiger partial charge in [-0.3, -0.25) is 4.79 Å². The van der Waals surface area contributed by atoms with Crippen LogP contribution in [0.2, 0.25) is 5.02 Å². The molecule has 0 spiro atoms. The molecule has 0 atom stereocenters. The zero-order chi connectivity index (χ0) is 10.1. The molecule has 3 nitrogen and oxygen atoms in total. The van der Waals surface area contributed by atoms with Gasteiger partial charge in [0.1, 0.15) is 0 Å². The van der Waals surface area contributed by atoms with E-state index in [-0.39, 0.29) is 15.5 Å². The highest BCUT2D eigenvalue weighted by molar-refractivity contribution is 7.90. The molecule has 1 rings (SSSR count). The van der Waals surface area contributed by atoms with Gasteiger partial charge in [-0.1, -0.05) is 11.6 Å². The molecule has 1 aromatic rings. The Hall–Kier alpha value is -0.870. The van der Waals surface area contributed by atoms with Crippen LogP contribution >= 0.6 is 11.6 Å². The predicted octanol–water partition coefficient (Wildman–Crippen LogP) is 1.56. The summed E-state index contributed by atoms with van der Waals surface area (Å²) in [5.74, 6) is 0. The summed E-state index contributed by atoms with van der Waals surface area (Å²) < 4.78 is 22.1. The predicted molar refractivity (Wildman–Crippen MR) is 49.9 cm³/mol. The monoisotopic (exact) mass is 218 g/mol. The average Bonchev–Trinajstić information content (AvgIpc) is 2.03. The van der Waals surface area contributed by atoms with Gasteiger partial charge in [-0.2, -0.15) is 0 Å². The number of aldehydes is 1. The van der Waals surface area contributed by atoms with Gasteiger partial charge in [0, 0.05) is 11.8 Å². The zero-order valence-corrected chi connectivity index (χ0v) is 8.39. The van der Waals surface area contributed by atoms with E-state index in [1.54, 1.807) is 0 Å². The van der Waals surface area contributed by atoms with Crippen LogP contribution in [0.15, 0.2) is 23.1 Å². The van der Waals surface area contributed by atoms with Crippen molar-refractivity contribution in [3.8, 4) is 0 Å². The molecular formula is C8H7ClO3S. The molecule has 0 radical (unpaired) electrons. The second kappa shape index (κ2) is 3.47. The molecule has 0 aliphatic carbocycles. The van der Waals surface area contributed by atoms with E-state index in [2.05, 4.69) is 0 Å². The molecule has 5 heteroatoms. The van der Waals surface area contributed by atoms with E-state index >= 15 is 0 Å². The topological polar surface area (TPSA) is 51.2 Å². The van der Waals surface area contributed by atoms with E-state index in [4.69, 9.17) is 11.6 Å². The van der Waals surface area contributed by atoms with Crippen molar-refractivity contribution in [1.82, 2.24) is 0 Å².